The van der Waals surface area contributed by atoms with Crippen LogP contribution in [0, 0.1) is 5.92 Å². The van der Waals surface area contributed by atoms with E-state index in [1.54, 1.807) is 11.3 Å². The van der Waals surface area contributed by atoms with Crippen molar-refractivity contribution in [1.82, 2.24) is 14.7 Å². The van der Waals surface area contributed by atoms with Crippen LogP contribution in [0.2, 0.25) is 0 Å². The summed E-state index contributed by atoms with van der Waals surface area (Å²) in [5, 5.41) is 5.71. The lowest BCUT2D eigenvalue weighted by molar-refractivity contribution is 0.615. The van der Waals surface area contributed by atoms with E-state index >= 15 is 0 Å². The first-order valence-electron chi connectivity index (χ1n) is 5.59. The molecular formula is C11H14ClN3S. The summed E-state index contributed by atoms with van der Waals surface area (Å²) in [4.78, 5) is 5.56. The van der Waals surface area contributed by atoms with Gasteiger partial charge in [-0.05, 0) is 18.8 Å². The van der Waals surface area contributed by atoms with Crippen LogP contribution in [0.3, 0.4) is 0 Å². The molecule has 5 heteroatoms. The van der Waals surface area contributed by atoms with Gasteiger partial charge in [0.15, 0.2) is 4.96 Å². The van der Waals surface area contributed by atoms with Gasteiger partial charge in [-0.3, -0.25) is 4.40 Å². The van der Waals surface area contributed by atoms with Crippen LogP contribution in [0.25, 0.3) is 4.96 Å². The first-order chi connectivity index (χ1) is 7.83. The van der Waals surface area contributed by atoms with Gasteiger partial charge in [0.2, 0.25) is 0 Å². The molecule has 0 aliphatic heterocycles. The van der Waals surface area contributed by atoms with E-state index in [9.17, 15) is 0 Å². The quantitative estimate of drug-likeness (QED) is 0.832. The highest BCUT2D eigenvalue weighted by Crippen LogP contribution is 2.35. The number of alkyl halides is 1. The molecule has 16 heavy (non-hydrogen) atoms. The molecule has 1 saturated carbocycles. The molecule has 1 aliphatic rings. The number of nitrogens with zero attached hydrogens (tertiary/aromatic N) is 2. The molecule has 1 unspecified atom stereocenters. The van der Waals surface area contributed by atoms with Crippen molar-refractivity contribution in [3.8, 4) is 0 Å². The highest BCUT2D eigenvalue weighted by molar-refractivity contribution is 7.15. The van der Waals surface area contributed by atoms with Crippen LogP contribution in [0.1, 0.15) is 18.5 Å². The summed E-state index contributed by atoms with van der Waals surface area (Å²) in [5.41, 5.74) is 1.09. The van der Waals surface area contributed by atoms with Gasteiger partial charge < -0.3 is 5.32 Å². The number of imidazole rings is 1. The Morgan fingerprint density at radius 2 is 2.50 bits per heavy atom. The Kier molecular flexibility index (Phi) is 2.88. The third kappa shape index (κ3) is 2.24. The SMILES string of the molecule is ClC(CNCc1cn2ccsc2n1)C1CC1. The van der Waals surface area contributed by atoms with E-state index in [0.717, 1.165) is 29.7 Å². The van der Waals surface area contributed by atoms with Crippen LogP contribution in [0.15, 0.2) is 17.8 Å². The van der Waals surface area contributed by atoms with E-state index in [0.29, 0.717) is 5.38 Å². The van der Waals surface area contributed by atoms with Gasteiger partial charge in [0.1, 0.15) is 0 Å². The first kappa shape index (κ1) is 10.6. The standard InChI is InChI=1S/C11H14ClN3S/c12-10(8-1-2-8)6-13-5-9-7-15-3-4-16-11(15)14-9/h3-4,7-8,10,13H,1-2,5-6H2. The lowest BCUT2D eigenvalue weighted by Crippen LogP contribution is -2.24. The fourth-order valence-corrected chi connectivity index (χ4v) is 2.90. The fraction of sp³-hybridized carbons (Fsp3) is 0.545. The van der Waals surface area contributed by atoms with Gasteiger partial charge in [-0.15, -0.1) is 22.9 Å². The molecule has 1 N–H and O–H groups in total. The highest BCUT2D eigenvalue weighted by Gasteiger charge is 2.29. The Bertz CT molecular complexity index is 446. The monoisotopic (exact) mass is 255 g/mol. The third-order valence-electron chi connectivity index (χ3n) is 2.92. The summed E-state index contributed by atoms with van der Waals surface area (Å²) in [7, 11) is 0. The van der Waals surface area contributed by atoms with Crippen molar-refractivity contribution < 1.29 is 0 Å². The van der Waals surface area contributed by atoms with E-state index in [-0.39, 0.29) is 0 Å². The normalized spacial score (nSPS) is 18.1. The number of thiazole rings is 1. The van der Waals surface area contributed by atoms with Crippen LogP contribution in [0.5, 0.6) is 0 Å². The lowest BCUT2D eigenvalue weighted by atomic mass is 10.3. The van der Waals surface area contributed by atoms with Gasteiger partial charge in [0.25, 0.3) is 0 Å². The molecule has 2 heterocycles. The van der Waals surface area contributed by atoms with Crippen molar-refractivity contribution in [2.75, 3.05) is 6.54 Å². The second-order valence-electron chi connectivity index (χ2n) is 4.31. The molecule has 1 fully saturated rings. The molecule has 1 atom stereocenters. The van der Waals surface area contributed by atoms with Gasteiger partial charge in [0.05, 0.1) is 5.69 Å². The average molecular weight is 256 g/mol. The predicted octanol–water partition coefficient (Wildman–Crippen LogP) is 2.50. The van der Waals surface area contributed by atoms with Crippen molar-refractivity contribution in [2.45, 2.75) is 24.8 Å². The molecule has 2 aromatic rings. The van der Waals surface area contributed by atoms with Gasteiger partial charge >= 0.3 is 0 Å². The second-order valence-corrected chi connectivity index (χ2v) is 5.74. The van der Waals surface area contributed by atoms with E-state index in [1.165, 1.54) is 12.8 Å². The van der Waals surface area contributed by atoms with Crippen LogP contribution in [0.4, 0.5) is 0 Å². The molecule has 0 aromatic carbocycles. The summed E-state index contributed by atoms with van der Waals surface area (Å²) in [6.07, 6.45) is 6.70. The maximum atomic E-state index is 6.22. The largest absolute Gasteiger partial charge is 0.310 e. The maximum Gasteiger partial charge on any atom is 0.193 e. The molecular weight excluding hydrogens is 242 g/mol. The number of rotatable bonds is 5. The van der Waals surface area contributed by atoms with E-state index in [1.807, 2.05) is 11.6 Å². The Morgan fingerprint density at radius 3 is 3.25 bits per heavy atom. The molecule has 0 saturated heterocycles. The van der Waals surface area contributed by atoms with Gasteiger partial charge in [-0.25, -0.2) is 4.98 Å². The van der Waals surface area contributed by atoms with Crippen LogP contribution in [-0.4, -0.2) is 21.3 Å². The predicted molar refractivity (Wildman–Crippen MR) is 67.1 cm³/mol. The fourth-order valence-electron chi connectivity index (χ4n) is 1.82. The Morgan fingerprint density at radius 1 is 1.62 bits per heavy atom. The summed E-state index contributed by atoms with van der Waals surface area (Å²) in [6.45, 7) is 1.70. The molecule has 2 aromatic heterocycles. The Balaban J connectivity index is 1.52. The molecule has 3 rings (SSSR count). The highest BCUT2D eigenvalue weighted by atomic mass is 35.5. The average Bonchev–Trinajstić information content (AvgIpc) is 2.91. The molecule has 0 radical (unpaired) electrons. The number of nitrogens with one attached hydrogen (secondary N) is 1. The first-order valence-corrected chi connectivity index (χ1v) is 6.90. The van der Waals surface area contributed by atoms with Gasteiger partial charge in [0, 0.05) is 36.2 Å². The van der Waals surface area contributed by atoms with Crippen molar-refractivity contribution >= 4 is 27.9 Å². The van der Waals surface area contributed by atoms with Crippen molar-refractivity contribution in [3.63, 3.8) is 0 Å². The number of aromatic nitrogens is 2. The van der Waals surface area contributed by atoms with Gasteiger partial charge in [-0.2, -0.15) is 0 Å². The smallest absolute Gasteiger partial charge is 0.193 e. The minimum atomic E-state index is 0.295. The molecule has 0 spiro atoms. The molecule has 0 bridgehead atoms. The topological polar surface area (TPSA) is 29.3 Å². The summed E-state index contributed by atoms with van der Waals surface area (Å²) in [6, 6.07) is 0. The molecule has 0 amide bonds. The third-order valence-corrected chi connectivity index (χ3v) is 4.20. The summed E-state index contributed by atoms with van der Waals surface area (Å²) in [5.74, 6) is 0.750. The van der Waals surface area contributed by atoms with Crippen molar-refractivity contribution in [2.24, 2.45) is 5.92 Å². The minimum absolute atomic E-state index is 0.295. The molecule has 1 aliphatic carbocycles. The summed E-state index contributed by atoms with van der Waals surface area (Å²) < 4.78 is 2.06. The molecule has 3 nitrogen and oxygen atoms in total. The Labute approximate surface area is 103 Å². The number of fused-ring (bicyclic) bond motifs is 1. The van der Waals surface area contributed by atoms with Crippen molar-refractivity contribution in [1.29, 1.82) is 0 Å². The zero-order valence-corrected chi connectivity index (χ0v) is 10.5. The van der Waals surface area contributed by atoms with Crippen LogP contribution < -0.4 is 5.32 Å². The number of halogens is 1. The van der Waals surface area contributed by atoms with E-state index < -0.39 is 0 Å². The molecule has 86 valence electrons. The zero-order chi connectivity index (χ0) is 11.0. The summed E-state index contributed by atoms with van der Waals surface area (Å²) >= 11 is 7.88. The van der Waals surface area contributed by atoms with E-state index in [2.05, 4.69) is 20.9 Å². The van der Waals surface area contributed by atoms with Crippen LogP contribution >= 0.6 is 22.9 Å². The minimum Gasteiger partial charge on any atom is -0.310 e. The maximum absolute atomic E-state index is 6.22. The van der Waals surface area contributed by atoms with Crippen LogP contribution in [-0.2, 0) is 6.54 Å². The van der Waals surface area contributed by atoms with Gasteiger partial charge in [-0.1, -0.05) is 0 Å². The zero-order valence-electron chi connectivity index (χ0n) is 8.90. The Hall–Kier alpha value is -0.580. The second kappa shape index (κ2) is 4.35. The van der Waals surface area contributed by atoms with E-state index in [4.69, 9.17) is 11.6 Å². The lowest BCUT2D eigenvalue weighted by Gasteiger charge is -2.07. The number of hydrogen-bond donors (Lipinski definition) is 1. The number of hydrogen-bond acceptors (Lipinski definition) is 3. The van der Waals surface area contributed by atoms with Crippen molar-refractivity contribution in [3.05, 3.63) is 23.5 Å².